The van der Waals surface area contributed by atoms with E-state index in [1.807, 2.05) is 0 Å². The molecule has 0 fully saturated rings. The van der Waals surface area contributed by atoms with E-state index in [1.54, 1.807) is 55.5 Å². The normalized spacial score (nSPS) is 11.9. The van der Waals surface area contributed by atoms with Crippen molar-refractivity contribution in [2.45, 2.75) is 19.4 Å². The lowest BCUT2D eigenvalue weighted by atomic mass is 10.1. The molecule has 0 spiro atoms. The van der Waals surface area contributed by atoms with E-state index in [9.17, 15) is 14.4 Å². The number of H-pyrrole nitrogens is 1. The lowest BCUT2D eigenvalue weighted by Crippen LogP contribution is -2.42. The monoisotopic (exact) mass is 353 g/mol. The summed E-state index contributed by atoms with van der Waals surface area (Å²) in [5.41, 5.74) is -0.127. The van der Waals surface area contributed by atoms with Crippen molar-refractivity contribution < 1.29 is 9.53 Å². The molecule has 0 saturated carbocycles. The number of hydrogen-bond acceptors (Lipinski definition) is 4. The SMILES string of the molecule is CC[C@H](C(=O)Nc1cccc(OC)c1)n1c(=O)[nH]c2ccccc2c1=O. The molecule has 0 radical (unpaired) electrons. The Morgan fingerprint density at radius 1 is 1.19 bits per heavy atom. The van der Waals surface area contributed by atoms with Crippen LogP contribution in [0.5, 0.6) is 5.75 Å². The molecule has 3 rings (SSSR count). The van der Waals surface area contributed by atoms with Gasteiger partial charge >= 0.3 is 5.69 Å². The molecule has 0 bridgehead atoms. The number of nitrogens with zero attached hydrogens (tertiary/aromatic N) is 1. The summed E-state index contributed by atoms with van der Waals surface area (Å²) in [5.74, 6) is 0.153. The molecule has 2 aromatic carbocycles. The maximum atomic E-state index is 12.7. The molecule has 7 nitrogen and oxygen atoms in total. The van der Waals surface area contributed by atoms with E-state index in [1.165, 1.54) is 7.11 Å². The smallest absolute Gasteiger partial charge is 0.329 e. The molecule has 134 valence electrons. The summed E-state index contributed by atoms with van der Waals surface area (Å²) >= 11 is 0. The minimum Gasteiger partial charge on any atom is -0.497 e. The molecule has 1 amide bonds. The van der Waals surface area contributed by atoms with E-state index in [0.29, 0.717) is 22.3 Å². The summed E-state index contributed by atoms with van der Waals surface area (Å²) in [4.78, 5) is 40.5. The van der Waals surface area contributed by atoms with Gasteiger partial charge in [0.15, 0.2) is 0 Å². The van der Waals surface area contributed by atoms with E-state index >= 15 is 0 Å². The summed E-state index contributed by atoms with van der Waals surface area (Å²) in [6.45, 7) is 1.75. The zero-order chi connectivity index (χ0) is 18.7. The average Bonchev–Trinajstić information content (AvgIpc) is 2.65. The van der Waals surface area contributed by atoms with Crippen molar-refractivity contribution in [2.75, 3.05) is 12.4 Å². The standard InChI is InChI=1S/C19H19N3O4/c1-3-16(17(23)20-12-7-6-8-13(11-12)26-2)22-18(24)14-9-4-5-10-15(14)21-19(22)25/h4-11,16H,3H2,1-2H3,(H,20,23)(H,21,25)/t16-/m1/s1. The lowest BCUT2D eigenvalue weighted by Gasteiger charge is -2.17. The van der Waals surface area contributed by atoms with Crippen molar-refractivity contribution in [2.24, 2.45) is 0 Å². The van der Waals surface area contributed by atoms with E-state index in [4.69, 9.17) is 4.74 Å². The zero-order valence-corrected chi connectivity index (χ0v) is 14.5. The number of hydrogen-bond donors (Lipinski definition) is 2. The molecule has 0 unspecified atom stereocenters. The number of ether oxygens (including phenoxy) is 1. The summed E-state index contributed by atoms with van der Waals surface area (Å²) in [6.07, 6.45) is 0.289. The van der Waals surface area contributed by atoms with E-state index in [0.717, 1.165) is 4.57 Å². The molecule has 26 heavy (non-hydrogen) atoms. The highest BCUT2D eigenvalue weighted by Gasteiger charge is 2.23. The third-order valence-electron chi connectivity index (χ3n) is 4.17. The third-order valence-corrected chi connectivity index (χ3v) is 4.17. The first-order chi connectivity index (χ1) is 12.5. The number of rotatable bonds is 5. The molecule has 2 N–H and O–H groups in total. The van der Waals surface area contributed by atoms with Gasteiger partial charge in [-0.05, 0) is 30.7 Å². The lowest BCUT2D eigenvalue weighted by molar-refractivity contribution is -0.119. The number of para-hydroxylation sites is 1. The Labute approximate surface area is 149 Å². The van der Waals surface area contributed by atoms with Gasteiger partial charge in [0.2, 0.25) is 5.91 Å². The van der Waals surface area contributed by atoms with Gasteiger partial charge in [0.25, 0.3) is 5.56 Å². The van der Waals surface area contributed by atoms with Crippen LogP contribution in [0, 0.1) is 0 Å². The molecule has 0 aliphatic rings. The summed E-state index contributed by atoms with van der Waals surface area (Å²) < 4.78 is 6.10. The van der Waals surface area contributed by atoms with Crippen molar-refractivity contribution >= 4 is 22.5 Å². The van der Waals surface area contributed by atoms with E-state index < -0.39 is 23.2 Å². The first-order valence-corrected chi connectivity index (χ1v) is 8.23. The Hall–Kier alpha value is -3.35. The van der Waals surface area contributed by atoms with Crippen LogP contribution >= 0.6 is 0 Å². The van der Waals surface area contributed by atoms with Crippen LogP contribution in [-0.2, 0) is 4.79 Å². The molecule has 1 aromatic heterocycles. The first-order valence-electron chi connectivity index (χ1n) is 8.23. The number of carbonyl (C=O) groups excluding carboxylic acids is 1. The first kappa shape index (κ1) is 17.5. The molecular weight excluding hydrogens is 334 g/mol. The highest BCUT2D eigenvalue weighted by molar-refractivity contribution is 5.94. The Kier molecular flexibility index (Phi) is 4.88. The Morgan fingerprint density at radius 3 is 2.69 bits per heavy atom. The molecule has 0 saturated heterocycles. The molecule has 1 atom stereocenters. The Morgan fingerprint density at radius 2 is 1.96 bits per heavy atom. The third kappa shape index (κ3) is 3.23. The van der Waals surface area contributed by atoms with Gasteiger partial charge in [-0.15, -0.1) is 0 Å². The van der Waals surface area contributed by atoms with Crippen molar-refractivity contribution in [1.29, 1.82) is 0 Å². The Balaban J connectivity index is 2.00. The predicted octanol–water partition coefficient (Wildman–Crippen LogP) is 2.29. The average molecular weight is 353 g/mol. The topological polar surface area (TPSA) is 93.2 Å². The number of methoxy groups -OCH3 is 1. The molecule has 7 heteroatoms. The molecular formula is C19H19N3O4. The van der Waals surface area contributed by atoms with Crippen LogP contribution in [0.3, 0.4) is 0 Å². The number of amides is 1. The number of aromatic nitrogens is 2. The van der Waals surface area contributed by atoms with Crippen LogP contribution in [0.25, 0.3) is 10.9 Å². The number of anilines is 1. The highest BCUT2D eigenvalue weighted by Crippen LogP contribution is 2.19. The van der Waals surface area contributed by atoms with Crippen LogP contribution in [0.4, 0.5) is 5.69 Å². The number of carbonyl (C=O) groups is 1. The maximum absolute atomic E-state index is 12.7. The Bertz CT molecular complexity index is 1070. The summed E-state index contributed by atoms with van der Waals surface area (Å²) in [5, 5.41) is 3.10. The predicted molar refractivity (Wildman–Crippen MR) is 99.8 cm³/mol. The van der Waals surface area contributed by atoms with E-state index in [2.05, 4.69) is 10.3 Å². The molecule has 0 aliphatic carbocycles. The minimum atomic E-state index is -0.929. The fourth-order valence-electron chi connectivity index (χ4n) is 2.87. The van der Waals surface area contributed by atoms with Gasteiger partial charge in [-0.2, -0.15) is 0 Å². The van der Waals surface area contributed by atoms with Crippen LogP contribution < -0.4 is 21.3 Å². The second-order valence-corrected chi connectivity index (χ2v) is 5.80. The number of benzene rings is 2. The number of fused-ring (bicyclic) bond motifs is 1. The quantitative estimate of drug-likeness (QED) is 0.736. The van der Waals surface area contributed by atoms with Crippen LogP contribution in [0.15, 0.2) is 58.1 Å². The zero-order valence-electron chi connectivity index (χ0n) is 14.5. The molecule has 1 heterocycles. The minimum absolute atomic E-state index is 0.289. The summed E-state index contributed by atoms with van der Waals surface area (Å²) in [7, 11) is 1.53. The van der Waals surface area contributed by atoms with Crippen LogP contribution in [0.2, 0.25) is 0 Å². The van der Waals surface area contributed by atoms with Crippen molar-refractivity contribution in [3.05, 3.63) is 69.4 Å². The second kappa shape index (κ2) is 7.26. The van der Waals surface area contributed by atoms with Gasteiger partial charge in [0, 0.05) is 11.8 Å². The largest absolute Gasteiger partial charge is 0.497 e. The van der Waals surface area contributed by atoms with E-state index in [-0.39, 0.29) is 6.42 Å². The van der Waals surface area contributed by atoms with Gasteiger partial charge in [0.1, 0.15) is 11.8 Å². The van der Waals surface area contributed by atoms with Gasteiger partial charge in [-0.1, -0.05) is 25.1 Å². The maximum Gasteiger partial charge on any atom is 0.329 e. The van der Waals surface area contributed by atoms with Crippen molar-refractivity contribution in [3.8, 4) is 5.75 Å². The van der Waals surface area contributed by atoms with Gasteiger partial charge in [-0.3, -0.25) is 9.59 Å². The fraction of sp³-hybridized carbons (Fsp3) is 0.211. The molecule has 0 aliphatic heterocycles. The number of nitrogens with one attached hydrogen (secondary N) is 2. The van der Waals surface area contributed by atoms with Crippen molar-refractivity contribution in [3.63, 3.8) is 0 Å². The van der Waals surface area contributed by atoms with Gasteiger partial charge < -0.3 is 15.0 Å². The highest BCUT2D eigenvalue weighted by atomic mass is 16.5. The van der Waals surface area contributed by atoms with Gasteiger partial charge in [0.05, 0.1) is 18.0 Å². The van der Waals surface area contributed by atoms with Gasteiger partial charge in [-0.25, -0.2) is 9.36 Å². The van der Waals surface area contributed by atoms with Crippen molar-refractivity contribution in [1.82, 2.24) is 9.55 Å². The number of aromatic amines is 1. The summed E-state index contributed by atoms with van der Waals surface area (Å²) in [6, 6.07) is 12.7. The molecule has 3 aromatic rings. The second-order valence-electron chi connectivity index (χ2n) is 5.80. The fourth-order valence-corrected chi connectivity index (χ4v) is 2.87. The van der Waals surface area contributed by atoms with Crippen LogP contribution in [0.1, 0.15) is 19.4 Å². The van der Waals surface area contributed by atoms with Crippen LogP contribution in [-0.4, -0.2) is 22.6 Å².